The minimum atomic E-state index is 0.273. The number of fused-ring (bicyclic) bond motifs is 3. The van der Waals surface area contributed by atoms with Gasteiger partial charge in [0.05, 0.1) is 0 Å². The molecule has 1 nitrogen and oxygen atoms in total. The van der Waals surface area contributed by atoms with Crippen LogP contribution in [0, 0.1) is 18.8 Å². The molecule has 0 radical (unpaired) electrons. The van der Waals surface area contributed by atoms with Crippen molar-refractivity contribution in [1.82, 2.24) is 0 Å². The third-order valence-corrected chi connectivity index (χ3v) is 5.20. The molecular formula is C20H20O. The Morgan fingerprint density at radius 3 is 2.67 bits per heavy atom. The largest absolute Gasteiger partial charge is 0.299 e. The predicted octanol–water partition coefficient (Wildman–Crippen LogP) is 4.08. The monoisotopic (exact) mass is 276 g/mol. The van der Waals surface area contributed by atoms with Gasteiger partial charge in [-0.05, 0) is 48.3 Å². The lowest BCUT2D eigenvalue weighted by molar-refractivity contribution is -0.120. The maximum Gasteiger partial charge on any atom is 0.141 e. The number of hydrogen-bond acceptors (Lipinski definition) is 1. The van der Waals surface area contributed by atoms with Crippen LogP contribution in [-0.2, 0) is 17.6 Å². The Labute approximate surface area is 126 Å². The standard InChI is InChI=1S/C20H20O/c1-13-6-8-14(9-7-13)12-18(21)20-17-11-10-15-4-2-3-5-16(15)19(17)20/h2-9,17,19-20H,10-12H2,1H3. The van der Waals surface area contributed by atoms with E-state index in [4.69, 9.17) is 0 Å². The maximum absolute atomic E-state index is 12.6. The predicted molar refractivity (Wildman–Crippen MR) is 84.4 cm³/mol. The summed E-state index contributed by atoms with van der Waals surface area (Å²) in [6, 6.07) is 17.1. The lowest BCUT2D eigenvalue weighted by Crippen LogP contribution is -2.07. The summed E-state index contributed by atoms with van der Waals surface area (Å²) >= 11 is 0. The van der Waals surface area contributed by atoms with Gasteiger partial charge in [0, 0.05) is 12.3 Å². The molecule has 3 atom stereocenters. The summed E-state index contributed by atoms with van der Waals surface area (Å²) in [6.07, 6.45) is 2.93. The zero-order valence-corrected chi connectivity index (χ0v) is 12.4. The zero-order valence-electron chi connectivity index (χ0n) is 12.4. The van der Waals surface area contributed by atoms with E-state index < -0.39 is 0 Å². The molecule has 0 saturated heterocycles. The molecule has 0 bridgehead atoms. The lowest BCUT2D eigenvalue weighted by Gasteiger charge is -2.13. The molecule has 0 N–H and O–H groups in total. The molecule has 106 valence electrons. The number of carbonyl (C=O) groups excluding carboxylic acids is 1. The third kappa shape index (κ3) is 2.21. The van der Waals surface area contributed by atoms with Crippen LogP contribution in [0.1, 0.15) is 34.6 Å². The van der Waals surface area contributed by atoms with Gasteiger partial charge in [-0.15, -0.1) is 0 Å². The van der Waals surface area contributed by atoms with Crippen LogP contribution < -0.4 is 0 Å². The van der Waals surface area contributed by atoms with Crippen LogP contribution in [-0.4, -0.2) is 5.78 Å². The Kier molecular flexibility index (Phi) is 2.95. The van der Waals surface area contributed by atoms with E-state index in [1.54, 1.807) is 0 Å². The Hall–Kier alpha value is -1.89. The molecule has 1 fully saturated rings. The van der Waals surface area contributed by atoms with Gasteiger partial charge < -0.3 is 0 Å². The van der Waals surface area contributed by atoms with Crippen LogP contribution in [0.3, 0.4) is 0 Å². The molecule has 2 aromatic rings. The van der Waals surface area contributed by atoms with Crippen molar-refractivity contribution < 1.29 is 4.79 Å². The zero-order chi connectivity index (χ0) is 14.4. The highest BCUT2D eigenvalue weighted by molar-refractivity contribution is 5.88. The molecule has 1 saturated carbocycles. The van der Waals surface area contributed by atoms with Crippen molar-refractivity contribution >= 4 is 5.78 Å². The van der Waals surface area contributed by atoms with Gasteiger partial charge in [0.15, 0.2) is 0 Å². The summed E-state index contributed by atoms with van der Waals surface area (Å²) in [7, 11) is 0. The Morgan fingerprint density at radius 1 is 1.10 bits per heavy atom. The summed E-state index contributed by atoms with van der Waals surface area (Å²) in [6.45, 7) is 2.08. The summed E-state index contributed by atoms with van der Waals surface area (Å²) in [5, 5.41) is 0. The highest BCUT2D eigenvalue weighted by Crippen LogP contribution is 2.60. The number of Topliss-reactive ketones (excluding diaryl/α,β-unsaturated/α-hetero) is 1. The lowest BCUT2D eigenvalue weighted by atomic mass is 9.92. The fraction of sp³-hybridized carbons (Fsp3) is 0.350. The number of rotatable bonds is 3. The molecule has 0 aromatic heterocycles. The molecule has 2 aliphatic carbocycles. The molecular weight excluding hydrogens is 256 g/mol. The minimum Gasteiger partial charge on any atom is -0.299 e. The van der Waals surface area contributed by atoms with E-state index >= 15 is 0 Å². The Morgan fingerprint density at radius 2 is 1.86 bits per heavy atom. The number of aryl methyl sites for hydroxylation is 2. The molecule has 2 aliphatic rings. The fourth-order valence-electron chi connectivity index (χ4n) is 4.03. The normalized spacial score (nSPS) is 25.9. The van der Waals surface area contributed by atoms with Gasteiger partial charge in [-0.2, -0.15) is 0 Å². The maximum atomic E-state index is 12.6. The van der Waals surface area contributed by atoms with Crippen molar-refractivity contribution in [1.29, 1.82) is 0 Å². The third-order valence-electron chi connectivity index (χ3n) is 5.20. The van der Waals surface area contributed by atoms with Crippen LogP contribution in [0.15, 0.2) is 48.5 Å². The van der Waals surface area contributed by atoms with Crippen molar-refractivity contribution in [2.75, 3.05) is 0 Å². The first-order chi connectivity index (χ1) is 10.2. The minimum absolute atomic E-state index is 0.273. The van der Waals surface area contributed by atoms with Crippen LogP contribution in [0.25, 0.3) is 0 Å². The number of carbonyl (C=O) groups is 1. The molecule has 4 rings (SSSR count). The van der Waals surface area contributed by atoms with Crippen LogP contribution in [0.5, 0.6) is 0 Å². The highest BCUT2D eigenvalue weighted by Gasteiger charge is 2.56. The molecule has 0 spiro atoms. The van der Waals surface area contributed by atoms with E-state index in [2.05, 4.69) is 55.5 Å². The SMILES string of the molecule is Cc1ccc(CC(=O)C2C3CCc4ccccc4C32)cc1. The molecule has 3 unspecified atom stereocenters. The van der Waals surface area contributed by atoms with E-state index in [0.29, 0.717) is 24.0 Å². The van der Waals surface area contributed by atoms with Gasteiger partial charge in [-0.1, -0.05) is 54.1 Å². The molecule has 2 aromatic carbocycles. The molecule has 0 amide bonds. The van der Waals surface area contributed by atoms with Gasteiger partial charge in [-0.25, -0.2) is 0 Å². The summed E-state index contributed by atoms with van der Waals surface area (Å²) in [5.74, 6) is 1.83. The van der Waals surface area contributed by atoms with E-state index in [-0.39, 0.29) is 5.92 Å². The summed E-state index contributed by atoms with van der Waals surface area (Å²) in [5.41, 5.74) is 5.31. The average Bonchev–Trinajstić information content (AvgIpc) is 3.25. The second-order valence-corrected chi connectivity index (χ2v) is 6.58. The Balaban J connectivity index is 1.52. The Bertz CT molecular complexity index is 683. The van der Waals surface area contributed by atoms with Crippen LogP contribution in [0.4, 0.5) is 0 Å². The summed E-state index contributed by atoms with van der Waals surface area (Å²) < 4.78 is 0. The van der Waals surface area contributed by atoms with Crippen molar-refractivity contribution in [3.63, 3.8) is 0 Å². The molecule has 0 aliphatic heterocycles. The molecule has 0 heterocycles. The molecule has 1 heteroatoms. The van der Waals surface area contributed by atoms with E-state index in [9.17, 15) is 4.79 Å². The molecule has 21 heavy (non-hydrogen) atoms. The fourth-order valence-corrected chi connectivity index (χ4v) is 4.03. The highest BCUT2D eigenvalue weighted by atomic mass is 16.1. The van der Waals surface area contributed by atoms with Gasteiger partial charge >= 0.3 is 0 Å². The van der Waals surface area contributed by atoms with E-state index in [0.717, 1.165) is 12.0 Å². The van der Waals surface area contributed by atoms with E-state index in [1.165, 1.54) is 23.1 Å². The van der Waals surface area contributed by atoms with Crippen LogP contribution >= 0.6 is 0 Å². The number of ketones is 1. The average molecular weight is 276 g/mol. The van der Waals surface area contributed by atoms with Gasteiger partial charge in [0.1, 0.15) is 5.78 Å². The second-order valence-electron chi connectivity index (χ2n) is 6.58. The van der Waals surface area contributed by atoms with Gasteiger partial charge in [0.25, 0.3) is 0 Å². The number of hydrogen-bond donors (Lipinski definition) is 0. The first kappa shape index (κ1) is 12.8. The van der Waals surface area contributed by atoms with Gasteiger partial charge in [0.2, 0.25) is 0 Å². The first-order valence-electron chi connectivity index (χ1n) is 7.90. The quantitative estimate of drug-likeness (QED) is 0.825. The van der Waals surface area contributed by atoms with Crippen molar-refractivity contribution in [2.45, 2.75) is 32.1 Å². The van der Waals surface area contributed by atoms with Crippen molar-refractivity contribution in [2.24, 2.45) is 11.8 Å². The number of benzene rings is 2. The van der Waals surface area contributed by atoms with Crippen molar-refractivity contribution in [3.05, 3.63) is 70.8 Å². The van der Waals surface area contributed by atoms with Crippen molar-refractivity contribution in [3.8, 4) is 0 Å². The smallest absolute Gasteiger partial charge is 0.141 e. The summed E-state index contributed by atoms with van der Waals surface area (Å²) in [4.78, 5) is 12.6. The van der Waals surface area contributed by atoms with E-state index in [1.807, 2.05) is 0 Å². The first-order valence-corrected chi connectivity index (χ1v) is 7.90. The van der Waals surface area contributed by atoms with Gasteiger partial charge in [-0.3, -0.25) is 4.79 Å². The topological polar surface area (TPSA) is 17.1 Å². The van der Waals surface area contributed by atoms with Crippen LogP contribution in [0.2, 0.25) is 0 Å². The second kappa shape index (κ2) is 4.84.